The molecule has 100 valence electrons. The molecule has 1 fully saturated rings. The van der Waals surface area contributed by atoms with Gasteiger partial charge in [0.2, 0.25) is 11.7 Å². The van der Waals surface area contributed by atoms with E-state index in [2.05, 4.69) is 15.5 Å². The van der Waals surface area contributed by atoms with E-state index in [4.69, 9.17) is 9.26 Å². The Hall–Kier alpha value is -1.79. The third-order valence-corrected chi connectivity index (χ3v) is 3.28. The van der Waals surface area contributed by atoms with Gasteiger partial charge in [0.15, 0.2) is 0 Å². The third-order valence-electron chi connectivity index (χ3n) is 3.28. The quantitative estimate of drug-likeness (QED) is 0.916. The van der Waals surface area contributed by atoms with Gasteiger partial charge in [0.1, 0.15) is 5.82 Å². The second kappa shape index (κ2) is 5.07. The Labute approximate surface area is 109 Å². The van der Waals surface area contributed by atoms with E-state index in [9.17, 15) is 4.39 Å². The summed E-state index contributed by atoms with van der Waals surface area (Å²) < 4.78 is 24.1. The standard InChI is InChI=1S/C13H14FN3O2/c1-18-8-6-11(15-7-8)13-16-12(17-19-13)9-4-2-3-5-10(9)14/h2-5,8,11,15H,6-7H2,1H3/t8-,11+/m0/s1. The van der Waals surface area contributed by atoms with E-state index >= 15 is 0 Å². The van der Waals surface area contributed by atoms with Gasteiger partial charge in [0, 0.05) is 13.7 Å². The van der Waals surface area contributed by atoms with Crippen LogP contribution < -0.4 is 5.32 Å². The van der Waals surface area contributed by atoms with Gasteiger partial charge in [-0.15, -0.1) is 0 Å². The van der Waals surface area contributed by atoms with E-state index in [0.29, 0.717) is 11.5 Å². The van der Waals surface area contributed by atoms with Crippen LogP contribution in [0.2, 0.25) is 0 Å². The Kier molecular flexibility index (Phi) is 3.27. The van der Waals surface area contributed by atoms with Crippen LogP contribution in [0.15, 0.2) is 28.8 Å². The summed E-state index contributed by atoms with van der Waals surface area (Å²) in [6, 6.07) is 6.34. The van der Waals surface area contributed by atoms with Crippen molar-refractivity contribution in [1.82, 2.24) is 15.5 Å². The highest BCUT2D eigenvalue weighted by molar-refractivity contribution is 5.54. The lowest BCUT2D eigenvalue weighted by molar-refractivity contribution is 0.116. The van der Waals surface area contributed by atoms with Gasteiger partial charge in [0.25, 0.3) is 0 Å². The molecule has 3 rings (SSSR count). The van der Waals surface area contributed by atoms with Crippen molar-refractivity contribution < 1.29 is 13.7 Å². The molecule has 1 aromatic carbocycles. The molecule has 1 saturated heterocycles. The zero-order chi connectivity index (χ0) is 13.2. The molecule has 2 aromatic rings. The maximum absolute atomic E-state index is 13.6. The van der Waals surface area contributed by atoms with Crippen molar-refractivity contribution in [3.63, 3.8) is 0 Å². The first-order valence-electron chi connectivity index (χ1n) is 6.12. The van der Waals surface area contributed by atoms with Crippen LogP contribution in [0.1, 0.15) is 18.4 Å². The Balaban J connectivity index is 1.82. The maximum atomic E-state index is 13.6. The molecule has 6 heteroatoms. The van der Waals surface area contributed by atoms with Gasteiger partial charge in [-0.1, -0.05) is 17.3 Å². The summed E-state index contributed by atoms with van der Waals surface area (Å²) in [5, 5.41) is 7.07. The van der Waals surface area contributed by atoms with Gasteiger partial charge < -0.3 is 14.6 Å². The van der Waals surface area contributed by atoms with Crippen molar-refractivity contribution in [2.45, 2.75) is 18.6 Å². The zero-order valence-corrected chi connectivity index (χ0v) is 10.5. The van der Waals surface area contributed by atoms with E-state index in [1.54, 1.807) is 25.3 Å². The molecule has 1 N–H and O–H groups in total. The topological polar surface area (TPSA) is 60.2 Å². The molecule has 0 spiro atoms. The van der Waals surface area contributed by atoms with Crippen molar-refractivity contribution in [2.24, 2.45) is 0 Å². The van der Waals surface area contributed by atoms with E-state index in [1.165, 1.54) is 6.07 Å². The molecule has 0 radical (unpaired) electrons. The second-order valence-corrected chi connectivity index (χ2v) is 4.49. The molecule has 0 saturated carbocycles. The van der Waals surface area contributed by atoms with E-state index in [1.807, 2.05) is 0 Å². The summed E-state index contributed by atoms with van der Waals surface area (Å²) in [4.78, 5) is 4.26. The monoisotopic (exact) mass is 263 g/mol. The fourth-order valence-electron chi connectivity index (χ4n) is 2.20. The van der Waals surface area contributed by atoms with Crippen LogP contribution in [0.4, 0.5) is 4.39 Å². The van der Waals surface area contributed by atoms with E-state index in [0.717, 1.165) is 13.0 Å². The molecule has 2 heterocycles. The van der Waals surface area contributed by atoms with Gasteiger partial charge in [-0.25, -0.2) is 4.39 Å². The normalized spacial score (nSPS) is 22.8. The molecule has 0 aliphatic carbocycles. The predicted octanol–water partition coefficient (Wildman–Crippen LogP) is 1.93. The number of methoxy groups -OCH3 is 1. The van der Waals surface area contributed by atoms with Crippen LogP contribution >= 0.6 is 0 Å². The second-order valence-electron chi connectivity index (χ2n) is 4.49. The number of nitrogens with zero attached hydrogens (tertiary/aromatic N) is 2. The number of ether oxygens (including phenoxy) is 1. The molecule has 19 heavy (non-hydrogen) atoms. The Morgan fingerprint density at radius 2 is 2.26 bits per heavy atom. The SMILES string of the molecule is CO[C@@H]1CN[C@@H](c2nc(-c3ccccc3F)no2)C1. The summed E-state index contributed by atoms with van der Waals surface area (Å²) in [7, 11) is 1.67. The number of hydrogen-bond acceptors (Lipinski definition) is 5. The summed E-state index contributed by atoms with van der Waals surface area (Å²) in [5.41, 5.74) is 0.346. The highest BCUT2D eigenvalue weighted by Crippen LogP contribution is 2.26. The Morgan fingerprint density at radius 1 is 1.42 bits per heavy atom. The lowest BCUT2D eigenvalue weighted by Crippen LogP contribution is -2.16. The minimum Gasteiger partial charge on any atom is -0.380 e. The van der Waals surface area contributed by atoms with Crippen LogP contribution in [-0.2, 0) is 4.74 Å². The van der Waals surface area contributed by atoms with E-state index < -0.39 is 0 Å². The average molecular weight is 263 g/mol. The smallest absolute Gasteiger partial charge is 0.244 e. The fourth-order valence-corrected chi connectivity index (χ4v) is 2.20. The minimum absolute atomic E-state index is 0.0297. The summed E-state index contributed by atoms with van der Waals surface area (Å²) in [6.07, 6.45) is 0.920. The Morgan fingerprint density at radius 3 is 3.00 bits per heavy atom. The van der Waals surface area contributed by atoms with Crippen LogP contribution in [0.3, 0.4) is 0 Å². The number of hydrogen-bond donors (Lipinski definition) is 1. The van der Waals surface area contributed by atoms with Gasteiger partial charge in [0.05, 0.1) is 17.7 Å². The van der Waals surface area contributed by atoms with Gasteiger partial charge >= 0.3 is 0 Å². The van der Waals surface area contributed by atoms with Gasteiger partial charge in [-0.05, 0) is 18.6 Å². The molecule has 0 amide bonds. The molecule has 1 aromatic heterocycles. The van der Waals surface area contributed by atoms with Crippen molar-refractivity contribution in [1.29, 1.82) is 0 Å². The molecular weight excluding hydrogens is 249 g/mol. The number of nitrogens with one attached hydrogen (secondary N) is 1. The molecule has 1 aliphatic rings. The van der Waals surface area contributed by atoms with Gasteiger partial charge in [-0.2, -0.15) is 4.98 Å². The first-order valence-corrected chi connectivity index (χ1v) is 6.12. The first kappa shape index (κ1) is 12.3. The van der Waals surface area contributed by atoms with Crippen molar-refractivity contribution in [3.8, 4) is 11.4 Å². The van der Waals surface area contributed by atoms with Crippen LogP contribution in [-0.4, -0.2) is 29.9 Å². The van der Waals surface area contributed by atoms with E-state index in [-0.39, 0.29) is 23.8 Å². The highest BCUT2D eigenvalue weighted by atomic mass is 19.1. The molecular formula is C13H14FN3O2. The number of benzene rings is 1. The molecule has 5 nitrogen and oxygen atoms in total. The van der Waals surface area contributed by atoms with Crippen LogP contribution in [0.5, 0.6) is 0 Å². The summed E-state index contributed by atoms with van der Waals surface area (Å²) in [6.45, 7) is 0.749. The first-order chi connectivity index (χ1) is 9.28. The average Bonchev–Trinajstić information content (AvgIpc) is 3.08. The largest absolute Gasteiger partial charge is 0.380 e. The van der Waals surface area contributed by atoms with Crippen molar-refractivity contribution >= 4 is 0 Å². The lowest BCUT2D eigenvalue weighted by Gasteiger charge is -2.04. The number of aromatic nitrogens is 2. The van der Waals surface area contributed by atoms with Crippen molar-refractivity contribution in [3.05, 3.63) is 36.0 Å². The zero-order valence-electron chi connectivity index (χ0n) is 10.5. The number of rotatable bonds is 3. The molecule has 1 aliphatic heterocycles. The fraction of sp³-hybridized carbons (Fsp3) is 0.385. The van der Waals surface area contributed by atoms with Crippen LogP contribution in [0.25, 0.3) is 11.4 Å². The Bertz CT molecular complexity index is 573. The third kappa shape index (κ3) is 2.36. The molecule has 0 unspecified atom stereocenters. The predicted molar refractivity (Wildman–Crippen MR) is 65.8 cm³/mol. The van der Waals surface area contributed by atoms with Gasteiger partial charge in [-0.3, -0.25) is 0 Å². The lowest BCUT2D eigenvalue weighted by atomic mass is 10.2. The summed E-state index contributed by atoms with van der Waals surface area (Å²) >= 11 is 0. The molecule has 2 atom stereocenters. The number of halogens is 1. The van der Waals surface area contributed by atoms with Crippen molar-refractivity contribution in [2.75, 3.05) is 13.7 Å². The minimum atomic E-state index is -0.357. The van der Waals surface area contributed by atoms with Crippen LogP contribution in [0, 0.1) is 5.82 Å². The highest BCUT2D eigenvalue weighted by Gasteiger charge is 2.29. The summed E-state index contributed by atoms with van der Waals surface area (Å²) in [5.74, 6) is 0.387. The molecule has 0 bridgehead atoms. The maximum Gasteiger partial charge on any atom is 0.244 e.